The Kier molecular flexibility index (Phi) is 9.20. The van der Waals surface area contributed by atoms with E-state index in [2.05, 4.69) is 22.1 Å². The van der Waals surface area contributed by atoms with Gasteiger partial charge in [0.2, 0.25) is 5.91 Å². The number of carbonyl (C=O) groups is 2. The Morgan fingerprint density at radius 3 is 2.55 bits per heavy atom. The number of imide groups is 1. The fourth-order valence-electron chi connectivity index (χ4n) is 2.22. The summed E-state index contributed by atoms with van der Waals surface area (Å²) in [4.78, 5) is 25.0. The molecule has 0 radical (unpaired) electrons. The highest BCUT2D eigenvalue weighted by Gasteiger charge is 2.23. The lowest BCUT2D eigenvalue weighted by Crippen LogP contribution is -2.47. The molecule has 3 amide bonds. The first kappa shape index (κ1) is 18.9. The van der Waals surface area contributed by atoms with E-state index in [0.717, 1.165) is 25.9 Å². The molecule has 0 spiro atoms. The Bertz CT molecular complexity index is 328. The van der Waals surface area contributed by atoms with E-state index in [-0.39, 0.29) is 30.9 Å². The first-order valence-electron chi connectivity index (χ1n) is 6.69. The van der Waals surface area contributed by atoms with Gasteiger partial charge in [0.1, 0.15) is 0 Å². The van der Waals surface area contributed by atoms with Gasteiger partial charge in [-0.05, 0) is 38.8 Å². The summed E-state index contributed by atoms with van der Waals surface area (Å²) < 4.78 is 0. The van der Waals surface area contributed by atoms with Crippen molar-refractivity contribution in [1.82, 2.24) is 15.5 Å². The molecule has 116 valence electrons. The third-order valence-electron chi connectivity index (χ3n) is 3.40. The summed E-state index contributed by atoms with van der Waals surface area (Å²) in [6, 6.07) is -0.268. The molecule has 20 heavy (non-hydrogen) atoms. The van der Waals surface area contributed by atoms with Gasteiger partial charge in [-0.1, -0.05) is 6.08 Å². The summed E-state index contributed by atoms with van der Waals surface area (Å²) in [5.74, 6) is 0.260. The van der Waals surface area contributed by atoms with Gasteiger partial charge in [-0.2, -0.15) is 0 Å². The quantitative estimate of drug-likeness (QED) is 0.645. The fourth-order valence-corrected chi connectivity index (χ4v) is 2.22. The number of nitrogens with two attached hydrogens (primary N) is 1. The molecule has 7 heteroatoms. The van der Waals surface area contributed by atoms with Crippen LogP contribution in [0.25, 0.3) is 0 Å². The highest BCUT2D eigenvalue weighted by molar-refractivity contribution is 5.95. The lowest BCUT2D eigenvalue weighted by Gasteiger charge is -2.33. The molecule has 0 saturated carbocycles. The van der Waals surface area contributed by atoms with Crippen LogP contribution in [0.4, 0.5) is 4.79 Å². The number of halogens is 1. The Morgan fingerprint density at radius 2 is 2.05 bits per heavy atom. The predicted octanol–water partition coefficient (Wildman–Crippen LogP) is 0.479. The van der Waals surface area contributed by atoms with Crippen molar-refractivity contribution in [3.63, 3.8) is 0 Å². The molecule has 0 aromatic rings. The number of likely N-dealkylation sites (tertiary alicyclic amines) is 1. The monoisotopic (exact) mass is 304 g/mol. The topological polar surface area (TPSA) is 87.5 Å². The molecule has 1 rings (SSSR count). The van der Waals surface area contributed by atoms with E-state index < -0.39 is 6.03 Å². The predicted molar refractivity (Wildman–Crippen MR) is 81.8 cm³/mol. The summed E-state index contributed by atoms with van der Waals surface area (Å²) in [7, 11) is 0. The van der Waals surface area contributed by atoms with Crippen molar-refractivity contribution in [3.05, 3.63) is 12.7 Å². The van der Waals surface area contributed by atoms with Crippen LogP contribution in [0.3, 0.4) is 0 Å². The number of nitrogens with one attached hydrogen (secondary N) is 2. The van der Waals surface area contributed by atoms with Gasteiger partial charge in [0.05, 0.1) is 6.54 Å². The van der Waals surface area contributed by atoms with Crippen LogP contribution in [0.15, 0.2) is 12.7 Å². The van der Waals surface area contributed by atoms with Crippen molar-refractivity contribution in [1.29, 1.82) is 0 Å². The summed E-state index contributed by atoms with van der Waals surface area (Å²) >= 11 is 0. The number of amides is 3. The SMILES string of the molecule is C=CCNC(=O)NC(=O)CN1CCC(C(C)N)CC1.Cl. The maximum Gasteiger partial charge on any atom is 0.321 e. The van der Waals surface area contributed by atoms with Gasteiger partial charge < -0.3 is 11.1 Å². The Labute approximate surface area is 126 Å². The molecule has 1 saturated heterocycles. The first-order valence-corrected chi connectivity index (χ1v) is 6.69. The standard InChI is InChI=1S/C13H24N4O2.ClH/c1-3-6-15-13(19)16-12(18)9-17-7-4-11(5-8-17)10(2)14;/h3,10-11H,1,4-9,14H2,2H3,(H2,15,16,18,19);1H. The molecule has 1 heterocycles. The van der Waals surface area contributed by atoms with E-state index in [9.17, 15) is 9.59 Å². The van der Waals surface area contributed by atoms with Crippen LogP contribution >= 0.6 is 12.4 Å². The number of rotatable bonds is 5. The summed E-state index contributed by atoms with van der Waals surface area (Å²) in [5, 5.41) is 4.79. The van der Waals surface area contributed by atoms with Crippen molar-refractivity contribution >= 4 is 24.3 Å². The lowest BCUT2D eigenvalue weighted by atomic mass is 9.91. The molecule has 0 aromatic heterocycles. The highest BCUT2D eigenvalue weighted by Crippen LogP contribution is 2.18. The van der Waals surface area contributed by atoms with Gasteiger partial charge >= 0.3 is 6.03 Å². The minimum Gasteiger partial charge on any atom is -0.334 e. The van der Waals surface area contributed by atoms with Crippen LogP contribution in [0, 0.1) is 5.92 Å². The maximum absolute atomic E-state index is 11.6. The van der Waals surface area contributed by atoms with E-state index >= 15 is 0 Å². The smallest absolute Gasteiger partial charge is 0.321 e. The van der Waals surface area contributed by atoms with E-state index in [1.807, 2.05) is 6.92 Å². The molecule has 4 N–H and O–H groups in total. The number of hydrogen-bond acceptors (Lipinski definition) is 4. The second kappa shape index (κ2) is 9.74. The average molecular weight is 305 g/mol. The van der Waals surface area contributed by atoms with E-state index in [1.54, 1.807) is 6.08 Å². The van der Waals surface area contributed by atoms with Gasteiger partial charge in [0.25, 0.3) is 0 Å². The van der Waals surface area contributed by atoms with Crippen LogP contribution < -0.4 is 16.4 Å². The van der Waals surface area contributed by atoms with Crippen molar-refractivity contribution < 1.29 is 9.59 Å². The Balaban J connectivity index is 0.00000361. The second-order valence-corrected chi connectivity index (χ2v) is 5.02. The van der Waals surface area contributed by atoms with E-state index in [0.29, 0.717) is 12.5 Å². The van der Waals surface area contributed by atoms with Crippen LogP contribution in [-0.2, 0) is 4.79 Å². The molecule has 1 unspecified atom stereocenters. The molecule has 0 bridgehead atoms. The zero-order valence-electron chi connectivity index (χ0n) is 11.9. The van der Waals surface area contributed by atoms with Crippen LogP contribution in [0.2, 0.25) is 0 Å². The third kappa shape index (κ3) is 6.88. The molecular weight excluding hydrogens is 280 g/mol. The van der Waals surface area contributed by atoms with Gasteiger partial charge in [-0.3, -0.25) is 15.0 Å². The number of nitrogens with zero attached hydrogens (tertiary/aromatic N) is 1. The first-order chi connectivity index (χ1) is 9.02. The van der Waals surface area contributed by atoms with Crippen molar-refractivity contribution in [2.75, 3.05) is 26.2 Å². The minimum absolute atomic E-state index is 0. The van der Waals surface area contributed by atoms with Crippen molar-refractivity contribution in [2.45, 2.75) is 25.8 Å². The van der Waals surface area contributed by atoms with Crippen LogP contribution in [0.1, 0.15) is 19.8 Å². The zero-order valence-corrected chi connectivity index (χ0v) is 12.7. The Morgan fingerprint density at radius 1 is 1.45 bits per heavy atom. The largest absolute Gasteiger partial charge is 0.334 e. The summed E-state index contributed by atoms with van der Waals surface area (Å²) in [5.41, 5.74) is 5.87. The second-order valence-electron chi connectivity index (χ2n) is 5.02. The van der Waals surface area contributed by atoms with Gasteiger partial charge in [-0.25, -0.2) is 4.79 Å². The van der Waals surface area contributed by atoms with Gasteiger partial charge in [0, 0.05) is 12.6 Å². The van der Waals surface area contributed by atoms with Crippen molar-refractivity contribution in [2.24, 2.45) is 11.7 Å². The normalized spacial score (nSPS) is 17.7. The third-order valence-corrected chi connectivity index (χ3v) is 3.40. The number of carbonyl (C=O) groups excluding carboxylic acids is 2. The molecular formula is C13H25ClN4O2. The minimum atomic E-state index is -0.477. The number of hydrogen-bond donors (Lipinski definition) is 3. The lowest BCUT2D eigenvalue weighted by molar-refractivity contribution is -0.121. The molecule has 1 aliphatic rings. The molecule has 1 fully saturated rings. The van der Waals surface area contributed by atoms with Crippen LogP contribution in [-0.4, -0.2) is 49.1 Å². The average Bonchev–Trinajstić information content (AvgIpc) is 2.36. The number of urea groups is 1. The molecule has 1 aliphatic heterocycles. The number of piperidine rings is 1. The molecule has 6 nitrogen and oxygen atoms in total. The van der Waals surface area contributed by atoms with Crippen LogP contribution in [0.5, 0.6) is 0 Å². The van der Waals surface area contributed by atoms with Crippen molar-refractivity contribution in [3.8, 4) is 0 Å². The fraction of sp³-hybridized carbons (Fsp3) is 0.692. The van der Waals surface area contributed by atoms with Gasteiger partial charge in [0.15, 0.2) is 0 Å². The maximum atomic E-state index is 11.6. The summed E-state index contributed by atoms with van der Waals surface area (Å²) in [6.45, 7) is 7.82. The molecule has 0 aromatic carbocycles. The van der Waals surface area contributed by atoms with Gasteiger partial charge in [-0.15, -0.1) is 19.0 Å². The highest BCUT2D eigenvalue weighted by atomic mass is 35.5. The molecule has 1 atom stereocenters. The Hall–Kier alpha value is -1.11. The molecule has 0 aliphatic carbocycles. The summed E-state index contributed by atoms with van der Waals surface area (Å²) in [6.07, 6.45) is 3.57. The van der Waals surface area contributed by atoms with E-state index in [4.69, 9.17) is 5.73 Å². The van der Waals surface area contributed by atoms with E-state index in [1.165, 1.54) is 0 Å². The zero-order chi connectivity index (χ0) is 14.3.